The lowest BCUT2D eigenvalue weighted by Crippen LogP contribution is -2.48. The normalized spacial score (nSPS) is 31.2. The van der Waals surface area contributed by atoms with E-state index in [0.717, 1.165) is 6.42 Å². The molecule has 11 heavy (non-hydrogen) atoms. The van der Waals surface area contributed by atoms with Gasteiger partial charge < -0.3 is 5.32 Å². The van der Waals surface area contributed by atoms with E-state index in [1.807, 2.05) is 6.92 Å². The number of hydrogen-bond acceptors (Lipinski definition) is 2. The molecular weight excluding hydrogens is 140 g/mol. The van der Waals surface area contributed by atoms with Crippen molar-refractivity contribution in [2.75, 3.05) is 0 Å². The van der Waals surface area contributed by atoms with Crippen molar-refractivity contribution in [1.82, 2.24) is 5.32 Å². The first-order chi connectivity index (χ1) is 5.15. The predicted octanol–water partition coefficient (Wildman–Crippen LogP) is 0.744. The average molecular weight is 154 g/mol. The van der Waals surface area contributed by atoms with Gasteiger partial charge in [0.2, 0.25) is 0 Å². The summed E-state index contributed by atoms with van der Waals surface area (Å²) in [6.07, 6.45) is 0.948. The van der Waals surface area contributed by atoms with Crippen molar-refractivity contribution >= 4 is 11.6 Å². The van der Waals surface area contributed by atoms with E-state index in [9.17, 15) is 4.79 Å². The maximum Gasteiger partial charge on any atom is 0.265 e. The summed E-state index contributed by atoms with van der Waals surface area (Å²) in [6.45, 7) is 5.83. The van der Waals surface area contributed by atoms with E-state index in [1.165, 1.54) is 0 Å². The van der Waals surface area contributed by atoms with Crippen molar-refractivity contribution < 1.29 is 4.79 Å². The highest BCUT2D eigenvalue weighted by Crippen LogP contribution is 2.07. The molecule has 0 fully saturated rings. The summed E-state index contributed by atoms with van der Waals surface area (Å²) < 4.78 is 0. The molecule has 0 spiro atoms. The third-order valence-corrected chi connectivity index (χ3v) is 2.06. The molecule has 62 valence electrons. The van der Waals surface area contributed by atoms with E-state index in [0.29, 0.717) is 5.71 Å². The average Bonchev–Trinajstić information content (AvgIpc) is 1.97. The van der Waals surface area contributed by atoms with Gasteiger partial charge in [-0.25, -0.2) is 0 Å². The fraction of sp³-hybridized carbons (Fsp3) is 0.750. The Morgan fingerprint density at radius 1 is 1.64 bits per heavy atom. The minimum absolute atomic E-state index is 0.0186. The van der Waals surface area contributed by atoms with Crippen molar-refractivity contribution in [3.05, 3.63) is 0 Å². The van der Waals surface area contributed by atoms with E-state index < -0.39 is 0 Å². The van der Waals surface area contributed by atoms with Gasteiger partial charge in [0.25, 0.3) is 5.91 Å². The standard InChI is InChI=1S/C8H14N2O/c1-4-7-5(2)9-6(3)8(11)10-7/h5,7H,4H2,1-3H3,(H,10,11). The Kier molecular flexibility index (Phi) is 2.27. The molecule has 1 aliphatic heterocycles. The van der Waals surface area contributed by atoms with E-state index in [-0.39, 0.29) is 18.0 Å². The van der Waals surface area contributed by atoms with Gasteiger partial charge in [-0.15, -0.1) is 0 Å². The molecule has 0 radical (unpaired) electrons. The Hall–Kier alpha value is -0.860. The molecule has 0 saturated carbocycles. The number of hydrogen-bond donors (Lipinski definition) is 1. The second-order valence-corrected chi connectivity index (χ2v) is 2.94. The van der Waals surface area contributed by atoms with Gasteiger partial charge >= 0.3 is 0 Å². The fourth-order valence-corrected chi connectivity index (χ4v) is 1.29. The first kappa shape index (κ1) is 8.24. The summed E-state index contributed by atoms with van der Waals surface area (Å²) in [5.41, 5.74) is 0.599. The van der Waals surface area contributed by atoms with E-state index in [2.05, 4.69) is 17.2 Å². The van der Waals surface area contributed by atoms with Crippen LogP contribution in [0.15, 0.2) is 4.99 Å². The fourth-order valence-electron chi connectivity index (χ4n) is 1.29. The van der Waals surface area contributed by atoms with Crippen molar-refractivity contribution in [3.8, 4) is 0 Å². The minimum Gasteiger partial charge on any atom is -0.346 e. The molecule has 0 saturated heterocycles. The summed E-state index contributed by atoms with van der Waals surface area (Å²) in [7, 11) is 0. The predicted molar refractivity (Wildman–Crippen MR) is 44.8 cm³/mol. The molecule has 1 N–H and O–H groups in total. The van der Waals surface area contributed by atoms with Crippen LogP contribution >= 0.6 is 0 Å². The summed E-state index contributed by atoms with van der Waals surface area (Å²) in [4.78, 5) is 15.3. The number of amides is 1. The van der Waals surface area contributed by atoms with Crippen LogP contribution < -0.4 is 5.32 Å². The number of nitrogens with one attached hydrogen (secondary N) is 1. The lowest BCUT2D eigenvalue weighted by molar-refractivity contribution is -0.116. The number of carbonyl (C=O) groups excluding carboxylic acids is 1. The van der Waals surface area contributed by atoms with Gasteiger partial charge in [0, 0.05) is 0 Å². The second kappa shape index (κ2) is 3.03. The van der Waals surface area contributed by atoms with Crippen LogP contribution in [-0.4, -0.2) is 23.7 Å². The van der Waals surface area contributed by atoms with Gasteiger partial charge in [-0.05, 0) is 20.3 Å². The van der Waals surface area contributed by atoms with Crippen LogP contribution in [-0.2, 0) is 4.79 Å². The molecule has 1 aliphatic rings. The van der Waals surface area contributed by atoms with Crippen LogP contribution in [0, 0.1) is 0 Å². The van der Waals surface area contributed by atoms with Crippen LogP contribution in [0.1, 0.15) is 27.2 Å². The summed E-state index contributed by atoms with van der Waals surface area (Å²) in [5.74, 6) is -0.0186. The van der Waals surface area contributed by atoms with Gasteiger partial charge in [0.15, 0.2) is 0 Å². The quantitative estimate of drug-likeness (QED) is 0.594. The van der Waals surface area contributed by atoms with Crippen molar-refractivity contribution in [3.63, 3.8) is 0 Å². The zero-order valence-electron chi connectivity index (χ0n) is 7.22. The van der Waals surface area contributed by atoms with Crippen molar-refractivity contribution in [1.29, 1.82) is 0 Å². The first-order valence-electron chi connectivity index (χ1n) is 4.00. The topological polar surface area (TPSA) is 41.5 Å². The molecule has 1 amide bonds. The molecule has 3 heteroatoms. The van der Waals surface area contributed by atoms with Gasteiger partial charge in [-0.1, -0.05) is 6.92 Å². The largest absolute Gasteiger partial charge is 0.346 e. The highest BCUT2D eigenvalue weighted by molar-refractivity contribution is 6.38. The van der Waals surface area contributed by atoms with E-state index in [4.69, 9.17) is 0 Å². The number of rotatable bonds is 1. The SMILES string of the molecule is CCC1NC(=O)C(C)=NC1C. The summed E-state index contributed by atoms with van der Waals surface area (Å²) in [6, 6.07) is 0.462. The van der Waals surface area contributed by atoms with Crippen molar-refractivity contribution in [2.24, 2.45) is 4.99 Å². The zero-order chi connectivity index (χ0) is 8.43. The van der Waals surface area contributed by atoms with Crippen LogP contribution in [0.25, 0.3) is 0 Å². The molecule has 0 aromatic heterocycles. The van der Waals surface area contributed by atoms with E-state index in [1.54, 1.807) is 6.92 Å². The Balaban J connectivity index is 2.75. The maximum absolute atomic E-state index is 11.1. The van der Waals surface area contributed by atoms with Gasteiger partial charge in [0.1, 0.15) is 0 Å². The minimum atomic E-state index is -0.0186. The zero-order valence-corrected chi connectivity index (χ0v) is 7.22. The van der Waals surface area contributed by atoms with Gasteiger partial charge in [-0.2, -0.15) is 0 Å². The summed E-state index contributed by atoms with van der Waals surface area (Å²) in [5, 5.41) is 2.90. The highest BCUT2D eigenvalue weighted by Gasteiger charge is 2.23. The Bertz CT molecular complexity index is 198. The molecule has 1 rings (SSSR count). The molecule has 0 aliphatic carbocycles. The molecule has 0 aromatic carbocycles. The van der Waals surface area contributed by atoms with Gasteiger partial charge in [-0.3, -0.25) is 9.79 Å². The molecular formula is C8H14N2O. The van der Waals surface area contributed by atoms with E-state index >= 15 is 0 Å². The third-order valence-electron chi connectivity index (χ3n) is 2.06. The molecule has 0 bridgehead atoms. The smallest absolute Gasteiger partial charge is 0.265 e. The molecule has 1 heterocycles. The number of nitrogens with zero attached hydrogens (tertiary/aromatic N) is 1. The van der Waals surface area contributed by atoms with Gasteiger partial charge in [0.05, 0.1) is 17.8 Å². The second-order valence-electron chi connectivity index (χ2n) is 2.94. The molecule has 3 nitrogen and oxygen atoms in total. The third kappa shape index (κ3) is 1.59. The lowest BCUT2D eigenvalue weighted by Gasteiger charge is -2.25. The van der Waals surface area contributed by atoms with Crippen LogP contribution in [0.2, 0.25) is 0 Å². The lowest BCUT2D eigenvalue weighted by atomic mass is 10.1. The molecule has 2 atom stereocenters. The Morgan fingerprint density at radius 3 is 2.82 bits per heavy atom. The highest BCUT2D eigenvalue weighted by atomic mass is 16.2. The van der Waals surface area contributed by atoms with Crippen LogP contribution in [0.3, 0.4) is 0 Å². The Labute approximate surface area is 66.9 Å². The van der Waals surface area contributed by atoms with Crippen molar-refractivity contribution in [2.45, 2.75) is 39.3 Å². The summed E-state index contributed by atoms with van der Waals surface area (Å²) >= 11 is 0. The molecule has 0 aromatic rings. The Morgan fingerprint density at radius 2 is 2.27 bits per heavy atom. The van der Waals surface area contributed by atoms with Crippen LogP contribution in [0.5, 0.6) is 0 Å². The number of aliphatic imine (C=N–C) groups is 1. The monoisotopic (exact) mass is 154 g/mol. The first-order valence-corrected chi connectivity index (χ1v) is 4.00. The maximum atomic E-state index is 11.1. The molecule has 2 unspecified atom stereocenters. The number of carbonyl (C=O) groups is 1. The van der Waals surface area contributed by atoms with Crippen LogP contribution in [0.4, 0.5) is 0 Å².